The van der Waals surface area contributed by atoms with E-state index < -0.39 is 0 Å². The van der Waals surface area contributed by atoms with Crippen molar-refractivity contribution in [2.75, 3.05) is 12.4 Å². The molecule has 0 N–H and O–H groups in total. The molecule has 0 aliphatic heterocycles. The second-order valence-corrected chi connectivity index (χ2v) is 7.14. The summed E-state index contributed by atoms with van der Waals surface area (Å²) in [4.78, 5) is 13.6. The Bertz CT molecular complexity index is 770. The third-order valence-corrected chi connectivity index (χ3v) is 4.79. The number of aromatic nitrogens is 3. The van der Waals surface area contributed by atoms with Gasteiger partial charge in [0.05, 0.1) is 29.4 Å². The predicted molar refractivity (Wildman–Crippen MR) is 118 cm³/mol. The second-order valence-electron chi connectivity index (χ2n) is 6.70. The summed E-state index contributed by atoms with van der Waals surface area (Å²) in [5.74, 6) is 1.80. The second kappa shape index (κ2) is 11.4. The number of ether oxygens (including phenoxy) is 1. The quantitative estimate of drug-likeness (QED) is 0.328. The maximum Gasteiger partial charge on any atom is 0.123 e. The van der Waals surface area contributed by atoms with Crippen molar-refractivity contribution >= 4 is 12.6 Å². The van der Waals surface area contributed by atoms with Gasteiger partial charge in [0.1, 0.15) is 5.75 Å². The molecule has 0 bridgehead atoms. The van der Waals surface area contributed by atoms with E-state index in [2.05, 4.69) is 22.6 Å². The first-order chi connectivity index (χ1) is 13.9. The zero-order valence-electron chi connectivity index (χ0n) is 16.1. The highest BCUT2D eigenvalue weighted by Gasteiger charge is 2.09. The highest BCUT2D eigenvalue weighted by atomic mass is 32.1. The maximum absolute atomic E-state index is 6.05. The van der Waals surface area contributed by atoms with Gasteiger partial charge in [-0.1, -0.05) is 37.8 Å². The lowest BCUT2D eigenvalue weighted by molar-refractivity contribution is 0.304. The Balaban J connectivity index is 1.66. The fourth-order valence-electron chi connectivity index (χ4n) is 2.99. The summed E-state index contributed by atoms with van der Waals surface area (Å²) >= 11 is 4.25. The summed E-state index contributed by atoms with van der Waals surface area (Å²) in [7, 11) is 0. The van der Waals surface area contributed by atoms with Crippen molar-refractivity contribution in [3.05, 3.63) is 60.9 Å². The Kier molecular flexibility index (Phi) is 8.31. The average Bonchev–Trinajstić information content (AvgIpc) is 2.76. The molecule has 0 saturated heterocycles. The summed E-state index contributed by atoms with van der Waals surface area (Å²) in [5.41, 5.74) is 3.25. The van der Waals surface area contributed by atoms with E-state index in [1.807, 2.05) is 48.5 Å². The van der Waals surface area contributed by atoms with Crippen LogP contribution in [0.2, 0.25) is 0 Å². The summed E-state index contributed by atoms with van der Waals surface area (Å²) in [6.07, 6.45) is 10.8. The highest BCUT2D eigenvalue weighted by Crippen LogP contribution is 2.26. The van der Waals surface area contributed by atoms with Crippen molar-refractivity contribution in [1.82, 2.24) is 15.0 Å². The van der Waals surface area contributed by atoms with Crippen molar-refractivity contribution in [2.24, 2.45) is 0 Å². The molecule has 3 heterocycles. The van der Waals surface area contributed by atoms with E-state index in [1.165, 1.54) is 32.1 Å². The molecule has 0 unspecified atom stereocenters. The van der Waals surface area contributed by atoms with Crippen LogP contribution in [0.25, 0.3) is 22.8 Å². The van der Waals surface area contributed by atoms with Crippen LogP contribution >= 0.6 is 12.6 Å². The van der Waals surface area contributed by atoms with Gasteiger partial charge >= 0.3 is 0 Å². The van der Waals surface area contributed by atoms with Crippen molar-refractivity contribution in [3.8, 4) is 28.5 Å². The van der Waals surface area contributed by atoms with Gasteiger partial charge in [-0.15, -0.1) is 0 Å². The van der Waals surface area contributed by atoms with Crippen LogP contribution in [-0.2, 0) is 0 Å². The zero-order chi connectivity index (χ0) is 19.4. The molecule has 0 atom stereocenters. The van der Waals surface area contributed by atoms with Gasteiger partial charge in [-0.05, 0) is 42.9 Å². The Morgan fingerprint density at radius 3 is 1.79 bits per heavy atom. The molecule has 3 rings (SSSR count). The van der Waals surface area contributed by atoms with E-state index >= 15 is 0 Å². The smallest absolute Gasteiger partial charge is 0.123 e. The minimum atomic E-state index is 0.708. The molecule has 0 aromatic carbocycles. The molecule has 0 radical (unpaired) electrons. The van der Waals surface area contributed by atoms with Crippen LogP contribution in [0.1, 0.15) is 38.5 Å². The topological polar surface area (TPSA) is 47.9 Å². The third kappa shape index (κ3) is 6.34. The molecule has 3 aromatic rings. The van der Waals surface area contributed by atoms with E-state index in [0.29, 0.717) is 6.61 Å². The Hall–Kier alpha value is -2.40. The molecule has 5 heteroatoms. The largest absolute Gasteiger partial charge is 0.493 e. The van der Waals surface area contributed by atoms with Gasteiger partial charge in [-0.2, -0.15) is 12.6 Å². The first-order valence-electron chi connectivity index (χ1n) is 9.95. The van der Waals surface area contributed by atoms with Crippen molar-refractivity contribution in [3.63, 3.8) is 0 Å². The van der Waals surface area contributed by atoms with Gasteiger partial charge in [0, 0.05) is 24.5 Å². The molecular weight excluding hydrogens is 366 g/mol. The molecule has 0 spiro atoms. The van der Waals surface area contributed by atoms with Gasteiger partial charge in [0.2, 0.25) is 0 Å². The van der Waals surface area contributed by atoms with Crippen LogP contribution in [-0.4, -0.2) is 27.3 Å². The van der Waals surface area contributed by atoms with Crippen LogP contribution in [0.4, 0.5) is 0 Å². The monoisotopic (exact) mass is 393 g/mol. The van der Waals surface area contributed by atoms with E-state index in [0.717, 1.165) is 40.7 Å². The summed E-state index contributed by atoms with van der Waals surface area (Å²) in [5, 5.41) is 0. The molecule has 0 saturated carbocycles. The number of nitrogens with zero attached hydrogens (tertiary/aromatic N) is 3. The van der Waals surface area contributed by atoms with Gasteiger partial charge in [-0.3, -0.25) is 9.97 Å². The number of rotatable bonds is 11. The van der Waals surface area contributed by atoms with E-state index in [1.54, 1.807) is 12.4 Å². The SMILES string of the molecule is SCCCCCCCCOc1cc(-c2ccccn2)nc(-c2ccccn2)c1. The number of thiol groups is 1. The van der Waals surface area contributed by atoms with Gasteiger partial charge < -0.3 is 4.74 Å². The lowest BCUT2D eigenvalue weighted by atomic mass is 10.1. The molecule has 28 heavy (non-hydrogen) atoms. The molecule has 3 aromatic heterocycles. The summed E-state index contributed by atoms with van der Waals surface area (Å²) in [6, 6.07) is 15.6. The Labute approximate surface area is 172 Å². The number of hydrogen-bond donors (Lipinski definition) is 1. The lowest BCUT2D eigenvalue weighted by Crippen LogP contribution is -2.00. The Morgan fingerprint density at radius 1 is 0.679 bits per heavy atom. The van der Waals surface area contributed by atoms with Gasteiger partial charge in [0.25, 0.3) is 0 Å². The highest BCUT2D eigenvalue weighted by molar-refractivity contribution is 7.80. The minimum absolute atomic E-state index is 0.708. The molecule has 0 fully saturated rings. The minimum Gasteiger partial charge on any atom is -0.493 e. The molecule has 0 aliphatic carbocycles. The zero-order valence-corrected chi connectivity index (χ0v) is 17.0. The first-order valence-corrected chi connectivity index (χ1v) is 10.6. The normalized spacial score (nSPS) is 10.8. The maximum atomic E-state index is 6.05. The summed E-state index contributed by atoms with van der Waals surface area (Å²) in [6.45, 7) is 0.708. The van der Waals surface area contributed by atoms with Crippen molar-refractivity contribution in [1.29, 1.82) is 0 Å². The van der Waals surface area contributed by atoms with Crippen LogP contribution in [0.15, 0.2) is 60.9 Å². The number of hydrogen-bond acceptors (Lipinski definition) is 5. The standard InChI is InChI=1S/C23H27N3OS/c28-16-10-4-2-1-3-9-15-27-19-17-22(20-11-5-7-13-24-20)26-23(18-19)21-12-6-8-14-25-21/h5-8,11-14,17-18,28H,1-4,9-10,15-16H2. The third-order valence-electron chi connectivity index (χ3n) is 4.47. The van der Waals surface area contributed by atoms with Crippen molar-refractivity contribution in [2.45, 2.75) is 38.5 Å². The van der Waals surface area contributed by atoms with Crippen LogP contribution in [0.5, 0.6) is 5.75 Å². The van der Waals surface area contributed by atoms with Crippen LogP contribution < -0.4 is 4.74 Å². The fourth-order valence-corrected chi connectivity index (χ4v) is 3.21. The summed E-state index contributed by atoms with van der Waals surface area (Å²) < 4.78 is 6.05. The van der Waals surface area contributed by atoms with E-state index in [9.17, 15) is 0 Å². The van der Waals surface area contributed by atoms with Crippen LogP contribution in [0.3, 0.4) is 0 Å². The average molecular weight is 394 g/mol. The van der Waals surface area contributed by atoms with E-state index in [-0.39, 0.29) is 0 Å². The Morgan fingerprint density at radius 2 is 1.25 bits per heavy atom. The fraction of sp³-hybridized carbons (Fsp3) is 0.348. The van der Waals surface area contributed by atoms with Gasteiger partial charge in [0.15, 0.2) is 0 Å². The van der Waals surface area contributed by atoms with Crippen LogP contribution in [0, 0.1) is 0 Å². The molecule has 4 nitrogen and oxygen atoms in total. The predicted octanol–water partition coefficient (Wildman–Crippen LogP) is 5.85. The molecular formula is C23H27N3OS. The molecule has 0 amide bonds. The van der Waals surface area contributed by atoms with E-state index in [4.69, 9.17) is 9.72 Å². The number of unbranched alkanes of at least 4 members (excludes halogenated alkanes) is 5. The van der Waals surface area contributed by atoms with Crippen molar-refractivity contribution < 1.29 is 4.74 Å². The first kappa shape index (κ1) is 20.3. The lowest BCUT2D eigenvalue weighted by Gasteiger charge is -2.10. The molecule has 146 valence electrons. The van der Waals surface area contributed by atoms with Gasteiger partial charge in [-0.25, -0.2) is 4.98 Å². The molecule has 0 aliphatic rings. The number of pyridine rings is 3.